The van der Waals surface area contributed by atoms with Crippen molar-refractivity contribution in [1.82, 2.24) is 15.3 Å². The van der Waals surface area contributed by atoms with E-state index >= 15 is 0 Å². The van der Waals surface area contributed by atoms with Gasteiger partial charge in [-0.05, 0) is 37.3 Å². The molecule has 0 saturated heterocycles. The topological polar surface area (TPSA) is 70.2 Å². The molecule has 0 bridgehead atoms. The molecule has 6 nitrogen and oxygen atoms in total. The highest BCUT2D eigenvalue weighted by molar-refractivity contribution is 5.93. The van der Waals surface area contributed by atoms with Crippen LogP contribution in [-0.4, -0.2) is 30.0 Å². The van der Waals surface area contributed by atoms with E-state index in [2.05, 4.69) is 20.6 Å². The van der Waals surface area contributed by atoms with Crippen LogP contribution in [-0.2, 0) is 6.54 Å². The summed E-state index contributed by atoms with van der Waals surface area (Å²) in [7, 11) is 3.95. The zero-order chi connectivity index (χ0) is 20.1. The third kappa shape index (κ3) is 4.82. The number of rotatable bonds is 6. The quantitative estimate of drug-likeness (QED) is 0.684. The summed E-state index contributed by atoms with van der Waals surface area (Å²) in [6.07, 6.45) is 0. The van der Waals surface area contributed by atoms with Gasteiger partial charge in [0.2, 0.25) is 0 Å². The highest BCUT2D eigenvalue weighted by Gasteiger charge is 2.12. The molecule has 1 amide bonds. The van der Waals surface area contributed by atoms with Gasteiger partial charge in [-0.2, -0.15) is 0 Å². The first-order valence-corrected chi connectivity index (χ1v) is 8.84. The van der Waals surface area contributed by atoms with E-state index in [0.29, 0.717) is 17.2 Å². The average Bonchev–Trinajstić information content (AvgIpc) is 2.67. The summed E-state index contributed by atoms with van der Waals surface area (Å²) in [4.78, 5) is 23.0. The Hall–Kier alpha value is -3.48. The number of aryl methyl sites for hydroxylation is 1. The average molecular weight is 379 g/mol. The minimum atomic E-state index is -0.389. The van der Waals surface area contributed by atoms with Crippen LogP contribution in [0.1, 0.15) is 21.9 Å². The van der Waals surface area contributed by atoms with Crippen LogP contribution >= 0.6 is 0 Å². The van der Waals surface area contributed by atoms with Gasteiger partial charge in [0.25, 0.3) is 5.91 Å². The molecule has 1 heterocycles. The monoisotopic (exact) mass is 379 g/mol. The Balaban J connectivity index is 1.71. The van der Waals surface area contributed by atoms with Gasteiger partial charge in [0.1, 0.15) is 23.2 Å². The molecule has 28 heavy (non-hydrogen) atoms. The van der Waals surface area contributed by atoms with E-state index in [4.69, 9.17) is 0 Å². The number of hydrogen-bond donors (Lipinski definition) is 2. The normalized spacial score (nSPS) is 10.4. The standard InChI is InChI=1S/C21H22FN5O/c1-14-24-19(21(28)23-13-15-6-4-5-7-18(15)22)12-20(25-14)26-16-8-10-17(11-9-16)27(2)3/h4-12H,13H2,1-3H3,(H,23,28)(H,24,25,26). The van der Waals surface area contributed by atoms with Crippen LogP contribution < -0.4 is 15.5 Å². The van der Waals surface area contributed by atoms with Crippen LogP contribution in [0.15, 0.2) is 54.6 Å². The maximum Gasteiger partial charge on any atom is 0.270 e. The second-order valence-corrected chi connectivity index (χ2v) is 6.53. The number of anilines is 3. The lowest BCUT2D eigenvalue weighted by molar-refractivity contribution is 0.0945. The van der Waals surface area contributed by atoms with Crippen molar-refractivity contribution in [3.05, 3.63) is 77.5 Å². The number of benzene rings is 2. The molecule has 2 aromatic carbocycles. The van der Waals surface area contributed by atoms with Crippen molar-refractivity contribution >= 4 is 23.1 Å². The molecule has 0 unspecified atom stereocenters. The molecule has 7 heteroatoms. The zero-order valence-electron chi connectivity index (χ0n) is 16.0. The number of carbonyl (C=O) groups is 1. The van der Waals surface area contributed by atoms with Crippen molar-refractivity contribution in [2.75, 3.05) is 24.3 Å². The largest absolute Gasteiger partial charge is 0.378 e. The maximum absolute atomic E-state index is 13.7. The number of carbonyl (C=O) groups excluding carboxylic acids is 1. The zero-order valence-corrected chi connectivity index (χ0v) is 16.0. The minimum Gasteiger partial charge on any atom is -0.378 e. The molecule has 0 spiro atoms. The van der Waals surface area contributed by atoms with Crippen molar-refractivity contribution in [3.63, 3.8) is 0 Å². The summed E-state index contributed by atoms with van der Waals surface area (Å²) in [6, 6.07) is 15.7. The van der Waals surface area contributed by atoms with Gasteiger partial charge >= 0.3 is 0 Å². The molecule has 0 aliphatic rings. The van der Waals surface area contributed by atoms with Gasteiger partial charge < -0.3 is 15.5 Å². The maximum atomic E-state index is 13.7. The van der Waals surface area contributed by atoms with Gasteiger partial charge in [0, 0.05) is 43.6 Å². The highest BCUT2D eigenvalue weighted by Crippen LogP contribution is 2.19. The molecule has 0 aliphatic carbocycles. The van der Waals surface area contributed by atoms with E-state index in [0.717, 1.165) is 11.4 Å². The highest BCUT2D eigenvalue weighted by atomic mass is 19.1. The predicted octanol–water partition coefficient (Wildman–Crippen LogP) is 3.66. The van der Waals surface area contributed by atoms with Crippen molar-refractivity contribution in [2.24, 2.45) is 0 Å². The fraction of sp³-hybridized carbons (Fsp3) is 0.190. The summed E-state index contributed by atoms with van der Waals surface area (Å²) in [5.74, 6) is 0.233. The van der Waals surface area contributed by atoms with Gasteiger partial charge in [0.15, 0.2) is 0 Å². The second kappa shape index (κ2) is 8.47. The van der Waals surface area contributed by atoms with Crippen LogP contribution in [0, 0.1) is 12.7 Å². The third-order valence-electron chi connectivity index (χ3n) is 4.12. The van der Waals surface area contributed by atoms with E-state index in [1.165, 1.54) is 6.07 Å². The molecule has 1 aromatic heterocycles. The van der Waals surface area contributed by atoms with Crippen molar-refractivity contribution < 1.29 is 9.18 Å². The molecular weight excluding hydrogens is 357 g/mol. The number of nitrogens with one attached hydrogen (secondary N) is 2. The molecule has 144 valence electrons. The van der Waals surface area contributed by atoms with E-state index in [9.17, 15) is 9.18 Å². The molecule has 2 N–H and O–H groups in total. The summed E-state index contributed by atoms with van der Waals surface area (Å²) in [6.45, 7) is 1.80. The number of aromatic nitrogens is 2. The van der Waals surface area contributed by atoms with E-state index in [1.54, 1.807) is 31.2 Å². The Morgan fingerprint density at radius 3 is 2.46 bits per heavy atom. The molecule has 3 rings (SSSR count). The Morgan fingerprint density at radius 2 is 1.79 bits per heavy atom. The lowest BCUT2D eigenvalue weighted by Crippen LogP contribution is -2.25. The number of amides is 1. The number of hydrogen-bond acceptors (Lipinski definition) is 5. The number of nitrogens with zero attached hydrogens (tertiary/aromatic N) is 3. The van der Waals surface area contributed by atoms with Crippen LogP contribution in [0.4, 0.5) is 21.6 Å². The van der Waals surface area contributed by atoms with Crippen molar-refractivity contribution in [3.8, 4) is 0 Å². The molecular formula is C21H22FN5O. The molecule has 0 fully saturated rings. The van der Waals surface area contributed by atoms with E-state index < -0.39 is 0 Å². The Labute approximate surface area is 163 Å². The Kier molecular flexibility index (Phi) is 5.84. The van der Waals surface area contributed by atoms with Gasteiger partial charge in [-0.15, -0.1) is 0 Å². The molecule has 0 aliphatic heterocycles. The van der Waals surface area contributed by atoms with Crippen LogP contribution in [0.3, 0.4) is 0 Å². The molecule has 0 atom stereocenters. The first-order valence-electron chi connectivity index (χ1n) is 8.84. The molecule has 0 radical (unpaired) electrons. The fourth-order valence-electron chi connectivity index (χ4n) is 2.65. The van der Waals surface area contributed by atoms with Crippen molar-refractivity contribution in [1.29, 1.82) is 0 Å². The van der Waals surface area contributed by atoms with Crippen LogP contribution in [0.5, 0.6) is 0 Å². The van der Waals surface area contributed by atoms with Crippen LogP contribution in [0.2, 0.25) is 0 Å². The van der Waals surface area contributed by atoms with Crippen LogP contribution in [0.25, 0.3) is 0 Å². The summed E-state index contributed by atoms with van der Waals surface area (Å²) in [5, 5.41) is 5.87. The lowest BCUT2D eigenvalue weighted by atomic mass is 10.2. The second-order valence-electron chi connectivity index (χ2n) is 6.53. The Bertz CT molecular complexity index is 973. The minimum absolute atomic E-state index is 0.0866. The summed E-state index contributed by atoms with van der Waals surface area (Å²) in [5.41, 5.74) is 2.57. The fourth-order valence-corrected chi connectivity index (χ4v) is 2.65. The first kappa shape index (κ1) is 19.3. The smallest absolute Gasteiger partial charge is 0.270 e. The Morgan fingerprint density at radius 1 is 1.07 bits per heavy atom. The predicted molar refractivity (Wildman–Crippen MR) is 108 cm³/mol. The summed E-state index contributed by atoms with van der Waals surface area (Å²) < 4.78 is 13.7. The third-order valence-corrected chi connectivity index (χ3v) is 4.12. The van der Waals surface area contributed by atoms with Gasteiger partial charge in [0.05, 0.1) is 0 Å². The lowest BCUT2D eigenvalue weighted by Gasteiger charge is -2.13. The number of halogens is 1. The summed E-state index contributed by atoms with van der Waals surface area (Å²) >= 11 is 0. The molecule has 0 saturated carbocycles. The molecule has 3 aromatic rings. The first-order chi connectivity index (χ1) is 13.4. The van der Waals surface area contributed by atoms with Gasteiger partial charge in [-0.3, -0.25) is 4.79 Å². The SMILES string of the molecule is Cc1nc(Nc2ccc(N(C)C)cc2)cc(C(=O)NCc2ccccc2F)n1. The van der Waals surface area contributed by atoms with E-state index in [-0.39, 0.29) is 24.0 Å². The van der Waals surface area contributed by atoms with E-state index in [1.807, 2.05) is 43.3 Å². The van der Waals surface area contributed by atoms with Gasteiger partial charge in [-0.25, -0.2) is 14.4 Å². The van der Waals surface area contributed by atoms with Gasteiger partial charge in [-0.1, -0.05) is 18.2 Å². The van der Waals surface area contributed by atoms with Crippen molar-refractivity contribution in [2.45, 2.75) is 13.5 Å².